The summed E-state index contributed by atoms with van der Waals surface area (Å²) < 4.78 is 2.13. The lowest BCUT2D eigenvalue weighted by Gasteiger charge is -2.31. The molecule has 0 spiro atoms. The summed E-state index contributed by atoms with van der Waals surface area (Å²) in [5.74, 6) is 0.844. The molecule has 1 unspecified atom stereocenters. The van der Waals surface area contributed by atoms with Gasteiger partial charge in [0.1, 0.15) is 0 Å². The van der Waals surface area contributed by atoms with Crippen LogP contribution in [-0.4, -0.2) is 45.0 Å². The predicted molar refractivity (Wildman–Crippen MR) is 124 cm³/mol. The highest BCUT2D eigenvalue weighted by molar-refractivity contribution is 7.80. The first kappa shape index (κ1) is 24.9. The van der Waals surface area contributed by atoms with Gasteiger partial charge in [0, 0.05) is 37.7 Å². The average molecular weight is 421 g/mol. The first-order chi connectivity index (χ1) is 13.7. The van der Waals surface area contributed by atoms with Gasteiger partial charge in [0.2, 0.25) is 0 Å². The van der Waals surface area contributed by atoms with Gasteiger partial charge in [0.15, 0.2) is 0 Å². The van der Waals surface area contributed by atoms with Crippen molar-refractivity contribution in [1.29, 1.82) is 0 Å². The number of nitrogens with zero attached hydrogens (tertiary/aromatic N) is 3. The first-order valence-electron chi connectivity index (χ1n) is 10.1. The van der Waals surface area contributed by atoms with Crippen LogP contribution in [0.15, 0.2) is 42.6 Å². The maximum atomic E-state index is 11.3. The van der Waals surface area contributed by atoms with Crippen LogP contribution >= 0.6 is 12.6 Å². The maximum absolute atomic E-state index is 11.3. The number of hydrogen-bond acceptors (Lipinski definition) is 4. The van der Waals surface area contributed by atoms with Gasteiger partial charge in [0.05, 0.1) is 12.0 Å². The lowest BCUT2D eigenvalue weighted by Crippen LogP contribution is -2.30. The van der Waals surface area contributed by atoms with Crippen LogP contribution in [0.2, 0.25) is 0 Å². The van der Waals surface area contributed by atoms with Gasteiger partial charge >= 0.3 is 6.09 Å². The SMILES string of the molecule is C=C(C)N(CCCC(C)(CCCS)Cn1cnc(/C=C\C(=C/C)NC)c1)C(=O)O. The Hall–Kier alpha value is -2.15. The highest BCUT2D eigenvalue weighted by atomic mass is 32.1. The third kappa shape index (κ3) is 8.81. The van der Waals surface area contributed by atoms with E-state index in [-0.39, 0.29) is 5.41 Å². The highest BCUT2D eigenvalue weighted by Crippen LogP contribution is 2.32. The molecular weight excluding hydrogens is 384 g/mol. The number of carbonyl (C=O) groups is 1. The third-order valence-electron chi connectivity index (χ3n) is 5.04. The van der Waals surface area contributed by atoms with E-state index in [4.69, 9.17) is 0 Å². The Kier molecular flexibility index (Phi) is 10.7. The molecule has 0 radical (unpaired) electrons. The molecule has 162 valence electrons. The standard InChI is InChI=1S/C22H36N4O2S/c1-6-19(23-5)9-10-20-15-25(17-24-20)16-22(4,12-8-14-29)11-7-13-26(18(2)3)21(27)28/h6,9-10,15,17,23,29H,2,7-8,11-14,16H2,1,3-5H3,(H,27,28)/b10-9-,19-6+. The Morgan fingerprint density at radius 1 is 1.45 bits per heavy atom. The molecule has 1 aromatic heterocycles. The van der Waals surface area contributed by atoms with Crippen molar-refractivity contribution in [3.05, 3.63) is 48.3 Å². The molecule has 1 amide bonds. The maximum Gasteiger partial charge on any atom is 0.411 e. The molecule has 6 nitrogen and oxygen atoms in total. The van der Waals surface area contributed by atoms with E-state index in [2.05, 4.69) is 47.2 Å². The molecular formula is C22H36N4O2S. The monoisotopic (exact) mass is 420 g/mol. The van der Waals surface area contributed by atoms with Crippen molar-refractivity contribution in [2.75, 3.05) is 19.3 Å². The Morgan fingerprint density at radius 2 is 2.14 bits per heavy atom. The Morgan fingerprint density at radius 3 is 2.69 bits per heavy atom. The van der Waals surface area contributed by atoms with Crippen molar-refractivity contribution in [1.82, 2.24) is 19.8 Å². The summed E-state index contributed by atoms with van der Waals surface area (Å²) in [6.45, 7) is 11.0. The van der Waals surface area contributed by atoms with Crippen molar-refractivity contribution >= 4 is 24.8 Å². The van der Waals surface area contributed by atoms with Crippen molar-refractivity contribution in [3.63, 3.8) is 0 Å². The fraction of sp³-hybridized carbons (Fsp3) is 0.545. The quantitative estimate of drug-likeness (QED) is 0.309. The van der Waals surface area contributed by atoms with Gasteiger partial charge in [-0.1, -0.05) is 19.6 Å². The molecule has 2 N–H and O–H groups in total. The summed E-state index contributed by atoms with van der Waals surface area (Å²) in [5, 5.41) is 12.4. The Balaban J connectivity index is 2.79. The largest absolute Gasteiger partial charge is 0.465 e. The molecule has 0 saturated carbocycles. The number of allylic oxidation sites excluding steroid dienone is 3. The van der Waals surface area contributed by atoms with Crippen LogP contribution < -0.4 is 5.32 Å². The van der Waals surface area contributed by atoms with E-state index in [9.17, 15) is 9.90 Å². The summed E-state index contributed by atoms with van der Waals surface area (Å²) in [7, 11) is 1.89. The van der Waals surface area contributed by atoms with Crippen LogP contribution in [0.1, 0.15) is 52.1 Å². The smallest absolute Gasteiger partial charge is 0.411 e. The molecule has 1 aromatic rings. The Bertz CT molecular complexity index is 712. The van der Waals surface area contributed by atoms with E-state index in [1.807, 2.05) is 38.5 Å². The number of imidazole rings is 1. The van der Waals surface area contributed by atoms with Crippen molar-refractivity contribution in [2.45, 2.75) is 53.0 Å². The van der Waals surface area contributed by atoms with Crippen LogP contribution in [0, 0.1) is 5.41 Å². The average Bonchev–Trinajstić information content (AvgIpc) is 3.11. The van der Waals surface area contributed by atoms with Gasteiger partial charge in [-0.2, -0.15) is 12.6 Å². The second kappa shape index (κ2) is 12.4. The zero-order chi connectivity index (χ0) is 21.9. The zero-order valence-corrected chi connectivity index (χ0v) is 19.1. The predicted octanol–water partition coefficient (Wildman–Crippen LogP) is 5.03. The molecule has 0 saturated heterocycles. The van der Waals surface area contributed by atoms with E-state index in [1.54, 1.807) is 6.92 Å². The normalized spacial score (nSPS) is 14.0. The van der Waals surface area contributed by atoms with E-state index in [1.165, 1.54) is 4.90 Å². The highest BCUT2D eigenvalue weighted by Gasteiger charge is 2.25. The van der Waals surface area contributed by atoms with E-state index < -0.39 is 6.09 Å². The van der Waals surface area contributed by atoms with Gasteiger partial charge in [-0.15, -0.1) is 0 Å². The molecule has 0 aromatic carbocycles. The number of likely N-dealkylation sites (N-methyl/N-ethyl adjacent to an activating group) is 1. The molecule has 0 aliphatic rings. The minimum atomic E-state index is -0.942. The van der Waals surface area contributed by atoms with Crippen LogP contribution in [0.3, 0.4) is 0 Å². The molecule has 1 rings (SSSR count). The van der Waals surface area contributed by atoms with Gasteiger partial charge in [0.25, 0.3) is 0 Å². The lowest BCUT2D eigenvalue weighted by atomic mass is 9.81. The molecule has 0 aliphatic carbocycles. The number of thiol groups is 1. The van der Waals surface area contributed by atoms with Crippen molar-refractivity contribution < 1.29 is 9.90 Å². The van der Waals surface area contributed by atoms with E-state index in [0.717, 1.165) is 49.4 Å². The summed E-state index contributed by atoms with van der Waals surface area (Å²) in [6, 6.07) is 0. The van der Waals surface area contributed by atoms with Gasteiger partial charge < -0.3 is 15.0 Å². The number of carboxylic acid groups (broad SMARTS) is 1. The number of hydrogen-bond donors (Lipinski definition) is 3. The summed E-state index contributed by atoms with van der Waals surface area (Å²) in [4.78, 5) is 17.1. The van der Waals surface area contributed by atoms with Gasteiger partial charge in [-0.25, -0.2) is 9.78 Å². The number of amides is 1. The van der Waals surface area contributed by atoms with Gasteiger partial charge in [-0.05, 0) is 62.9 Å². The molecule has 0 bridgehead atoms. The summed E-state index contributed by atoms with van der Waals surface area (Å²) >= 11 is 4.37. The van der Waals surface area contributed by atoms with Crippen LogP contribution in [0.25, 0.3) is 6.08 Å². The lowest BCUT2D eigenvalue weighted by molar-refractivity contribution is 0.152. The van der Waals surface area contributed by atoms with E-state index >= 15 is 0 Å². The second-order valence-corrected chi connectivity index (χ2v) is 8.16. The molecule has 29 heavy (non-hydrogen) atoms. The minimum absolute atomic E-state index is 0.0448. The third-order valence-corrected chi connectivity index (χ3v) is 5.36. The second-order valence-electron chi connectivity index (χ2n) is 7.71. The Labute approximate surface area is 180 Å². The van der Waals surface area contributed by atoms with Crippen LogP contribution in [0.5, 0.6) is 0 Å². The van der Waals surface area contributed by atoms with E-state index in [0.29, 0.717) is 12.2 Å². The van der Waals surface area contributed by atoms with Gasteiger partial charge in [-0.3, -0.25) is 4.90 Å². The topological polar surface area (TPSA) is 70.4 Å². The molecule has 1 atom stereocenters. The zero-order valence-electron chi connectivity index (χ0n) is 18.2. The van der Waals surface area contributed by atoms with Crippen LogP contribution in [-0.2, 0) is 6.54 Å². The first-order valence-corrected chi connectivity index (χ1v) is 10.7. The molecule has 0 fully saturated rings. The summed E-state index contributed by atoms with van der Waals surface area (Å²) in [5.41, 5.74) is 2.56. The van der Waals surface area contributed by atoms with Crippen molar-refractivity contribution in [2.24, 2.45) is 5.41 Å². The molecule has 0 aliphatic heterocycles. The van der Waals surface area contributed by atoms with Crippen LogP contribution in [0.4, 0.5) is 4.79 Å². The fourth-order valence-corrected chi connectivity index (χ4v) is 3.55. The minimum Gasteiger partial charge on any atom is -0.465 e. The fourth-order valence-electron chi connectivity index (χ4n) is 3.39. The summed E-state index contributed by atoms with van der Waals surface area (Å²) in [6.07, 6.45) is 12.7. The number of rotatable bonds is 13. The number of aromatic nitrogens is 2. The molecule has 1 heterocycles. The number of nitrogens with one attached hydrogen (secondary N) is 1. The molecule has 7 heteroatoms. The van der Waals surface area contributed by atoms with Crippen molar-refractivity contribution in [3.8, 4) is 0 Å².